The van der Waals surface area contributed by atoms with Gasteiger partial charge < -0.3 is 5.73 Å². The number of benzene rings is 1. The van der Waals surface area contributed by atoms with Gasteiger partial charge >= 0.3 is 0 Å². The van der Waals surface area contributed by atoms with E-state index in [1.165, 1.54) is 56.1 Å². The minimum atomic E-state index is 0.350. The molecule has 0 aliphatic heterocycles. The molecule has 1 fully saturated rings. The normalized spacial score (nSPS) is 24.6. The molecule has 0 heterocycles. The molecule has 1 aromatic carbocycles. The first-order valence-electron chi connectivity index (χ1n) is 8.50. The fourth-order valence-electron chi connectivity index (χ4n) is 3.66. The van der Waals surface area contributed by atoms with Crippen molar-refractivity contribution in [1.82, 2.24) is 0 Å². The van der Waals surface area contributed by atoms with Crippen LogP contribution in [0.25, 0.3) is 0 Å². The summed E-state index contributed by atoms with van der Waals surface area (Å²) in [6, 6.07) is 9.04. The Hall–Kier alpha value is -0.820. The van der Waals surface area contributed by atoms with Gasteiger partial charge in [0.25, 0.3) is 0 Å². The van der Waals surface area contributed by atoms with E-state index in [1.54, 1.807) is 0 Å². The molecular formula is C19H31N. The third-order valence-electron chi connectivity index (χ3n) is 5.18. The molecule has 1 aliphatic rings. The second-order valence-corrected chi connectivity index (χ2v) is 6.72. The van der Waals surface area contributed by atoms with E-state index in [1.807, 2.05) is 0 Å². The maximum absolute atomic E-state index is 6.49. The third-order valence-corrected chi connectivity index (χ3v) is 5.18. The van der Waals surface area contributed by atoms with Gasteiger partial charge in [0, 0.05) is 6.04 Å². The molecule has 2 rings (SSSR count). The lowest BCUT2D eigenvalue weighted by atomic mass is 9.76. The van der Waals surface area contributed by atoms with Gasteiger partial charge in [-0.15, -0.1) is 0 Å². The van der Waals surface area contributed by atoms with Crippen LogP contribution in [-0.4, -0.2) is 6.04 Å². The fraction of sp³-hybridized carbons (Fsp3) is 0.684. The summed E-state index contributed by atoms with van der Waals surface area (Å²) in [6.45, 7) is 4.49. The molecular weight excluding hydrogens is 242 g/mol. The Morgan fingerprint density at radius 2 is 1.85 bits per heavy atom. The summed E-state index contributed by atoms with van der Waals surface area (Å²) in [4.78, 5) is 0. The molecule has 2 N–H and O–H groups in total. The number of rotatable bonds is 6. The molecule has 0 spiro atoms. The van der Waals surface area contributed by atoms with Crippen molar-refractivity contribution in [3.63, 3.8) is 0 Å². The van der Waals surface area contributed by atoms with Crippen LogP contribution >= 0.6 is 0 Å². The lowest BCUT2D eigenvalue weighted by Crippen LogP contribution is -2.35. The van der Waals surface area contributed by atoms with Gasteiger partial charge in [0.05, 0.1) is 0 Å². The number of unbranched alkanes of at least 4 members (excludes halogenated alkanes) is 1. The van der Waals surface area contributed by atoms with Gasteiger partial charge in [0.1, 0.15) is 0 Å². The van der Waals surface area contributed by atoms with E-state index in [2.05, 4.69) is 38.1 Å². The Balaban J connectivity index is 1.80. The van der Waals surface area contributed by atoms with Crippen molar-refractivity contribution in [2.24, 2.45) is 17.6 Å². The van der Waals surface area contributed by atoms with Crippen molar-refractivity contribution in [2.45, 2.75) is 71.3 Å². The van der Waals surface area contributed by atoms with Crippen molar-refractivity contribution in [3.8, 4) is 0 Å². The lowest BCUT2D eigenvalue weighted by molar-refractivity contribution is 0.230. The average molecular weight is 273 g/mol. The van der Waals surface area contributed by atoms with E-state index in [9.17, 15) is 0 Å². The molecule has 1 saturated carbocycles. The zero-order valence-corrected chi connectivity index (χ0v) is 13.3. The third kappa shape index (κ3) is 4.34. The monoisotopic (exact) mass is 273 g/mol. The van der Waals surface area contributed by atoms with Crippen LogP contribution in [0.2, 0.25) is 0 Å². The van der Waals surface area contributed by atoms with Gasteiger partial charge in [0.2, 0.25) is 0 Å². The maximum atomic E-state index is 6.49. The molecule has 1 nitrogen and oxygen atoms in total. The Labute approximate surface area is 125 Å². The Morgan fingerprint density at radius 3 is 2.50 bits per heavy atom. The van der Waals surface area contributed by atoms with Crippen molar-refractivity contribution in [2.75, 3.05) is 0 Å². The molecule has 20 heavy (non-hydrogen) atoms. The molecule has 1 heteroatoms. The summed E-state index contributed by atoms with van der Waals surface area (Å²) < 4.78 is 0. The lowest BCUT2D eigenvalue weighted by Gasteiger charge is -2.32. The van der Waals surface area contributed by atoms with Crippen LogP contribution in [0.3, 0.4) is 0 Å². The molecule has 0 saturated heterocycles. The molecule has 112 valence electrons. The summed E-state index contributed by atoms with van der Waals surface area (Å²) in [6.07, 6.45) is 10.8. The van der Waals surface area contributed by atoms with E-state index >= 15 is 0 Å². The molecule has 1 aromatic rings. The molecule has 1 aliphatic carbocycles. The summed E-state index contributed by atoms with van der Waals surface area (Å²) >= 11 is 0. The number of nitrogens with two attached hydrogens (primary N) is 1. The molecule has 0 radical (unpaired) electrons. The van der Waals surface area contributed by atoms with Crippen molar-refractivity contribution in [3.05, 3.63) is 35.4 Å². The first kappa shape index (κ1) is 15.6. The van der Waals surface area contributed by atoms with E-state index in [0.717, 1.165) is 18.3 Å². The Morgan fingerprint density at radius 1 is 1.15 bits per heavy atom. The van der Waals surface area contributed by atoms with Crippen LogP contribution in [-0.2, 0) is 6.42 Å². The number of hydrogen-bond acceptors (Lipinski definition) is 1. The number of aryl methyl sites for hydroxylation is 1. The van der Waals surface area contributed by atoms with E-state index in [-0.39, 0.29) is 0 Å². The minimum absolute atomic E-state index is 0.350. The molecule has 0 bridgehead atoms. The van der Waals surface area contributed by atoms with Gasteiger partial charge in [-0.25, -0.2) is 0 Å². The molecule has 1 atom stereocenters. The van der Waals surface area contributed by atoms with Crippen molar-refractivity contribution < 1.29 is 0 Å². The molecule has 0 aromatic heterocycles. The van der Waals surface area contributed by atoms with Crippen molar-refractivity contribution in [1.29, 1.82) is 0 Å². The zero-order valence-electron chi connectivity index (χ0n) is 13.3. The van der Waals surface area contributed by atoms with Crippen LogP contribution in [0.1, 0.15) is 63.0 Å². The quantitative estimate of drug-likeness (QED) is 0.787. The van der Waals surface area contributed by atoms with Crippen molar-refractivity contribution >= 4 is 0 Å². The Kier molecular flexibility index (Phi) is 6.09. The first-order valence-corrected chi connectivity index (χ1v) is 8.50. The van der Waals surface area contributed by atoms with E-state index < -0.39 is 0 Å². The highest BCUT2D eigenvalue weighted by atomic mass is 14.7. The molecule has 1 unspecified atom stereocenters. The number of hydrogen-bond donors (Lipinski definition) is 1. The second-order valence-electron chi connectivity index (χ2n) is 6.72. The van der Waals surface area contributed by atoms with E-state index in [0.29, 0.717) is 6.04 Å². The van der Waals surface area contributed by atoms with E-state index in [4.69, 9.17) is 5.73 Å². The minimum Gasteiger partial charge on any atom is -0.327 e. The summed E-state index contributed by atoms with van der Waals surface area (Å²) in [5, 5.41) is 0. The largest absolute Gasteiger partial charge is 0.327 e. The predicted octanol–water partition coefficient (Wildman–Crippen LogP) is 4.86. The van der Waals surface area contributed by atoms with Gasteiger partial charge in [0.15, 0.2) is 0 Å². The van der Waals surface area contributed by atoms with Crippen LogP contribution in [0.4, 0.5) is 0 Å². The van der Waals surface area contributed by atoms with Gasteiger partial charge in [-0.2, -0.15) is 0 Å². The Bertz CT molecular complexity index is 391. The highest BCUT2D eigenvalue weighted by Crippen LogP contribution is 2.33. The smallest absolute Gasteiger partial charge is 0.0108 e. The highest BCUT2D eigenvalue weighted by molar-refractivity contribution is 5.26. The molecule has 0 amide bonds. The van der Waals surface area contributed by atoms with Gasteiger partial charge in [-0.3, -0.25) is 0 Å². The second kappa shape index (κ2) is 7.83. The summed E-state index contributed by atoms with van der Waals surface area (Å²) in [7, 11) is 0. The maximum Gasteiger partial charge on any atom is 0.0108 e. The summed E-state index contributed by atoms with van der Waals surface area (Å²) in [5.41, 5.74) is 9.32. The van der Waals surface area contributed by atoms with Gasteiger partial charge in [-0.1, -0.05) is 63.3 Å². The highest BCUT2D eigenvalue weighted by Gasteiger charge is 2.25. The SMILES string of the molecule is CCCCC1CCC(C(N)Cc2ccccc2C)CC1. The predicted molar refractivity (Wildman–Crippen MR) is 87.8 cm³/mol. The topological polar surface area (TPSA) is 26.0 Å². The van der Waals surface area contributed by atoms with Crippen LogP contribution in [0.15, 0.2) is 24.3 Å². The summed E-state index contributed by atoms with van der Waals surface area (Å²) in [5.74, 6) is 1.73. The fourth-order valence-corrected chi connectivity index (χ4v) is 3.66. The van der Waals surface area contributed by atoms with Crippen LogP contribution in [0.5, 0.6) is 0 Å². The van der Waals surface area contributed by atoms with Gasteiger partial charge in [-0.05, 0) is 49.1 Å². The van der Waals surface area contributed by atoms with Crippen LogP contribution in [0, 0.1) is 18.8 Å². The zero-order chi connectivity index (χ0) is 14.4. The average Bonchev–Trinajstić information content (AvgIpc) is 2.48. The standard InChI is InChI=1S/C19H31N/c1-3-4-8-16-10-12-17(13-11-16)19(20)14-18-9-6-5-7-15(18)2/h5-7,9,16-17,19H,3-4,8,10-14,20H2,1-2H3. The van der Waals surface area contributed by atoms with Crippen LogP contribution < -0.4 is 5.73 Å². The first-order chi connectivity index (χ1) is 9.70.